The molecule has 104 valence electrons. The molecule has 1 fully saturated rings. The fraction of sp³-hybridized carbons (Fsp3) is 0.385. The Hall–Kier alpha value is -2.28. The van der Waals surface area contributed by atoms with Crippen LogP contribution in [-0.4, -0.2) is 32.7 Å². The number of carbonyl (C=O) groups is 1. The largest absolute Gasteiger partial charge is 0.329 e. The molecule has 0 aliphatic heterocycles. The Bertz CT molecular complexity index is 646. The van der Waals surface area contributed by atoms with Crippen LogP contribution in [0.25, 0.3) is 11.4 Å². The van der Waals surface area contributed by atoms with Crippen LogP contribution in [0.4, 0.5) is 5.69 Å². The minimum atomic E-state index is -0.359. The van der Waals surface area contributed by atoms with Crippen LogP contribution in [-0.2, 0) is 11.8 Å². The molecule has 7 nitrogen and oxygen atoms in total. The fourth-order valence-electron chi connectivity index (χ4n) is 2.15. The lowest BCUT2D eigenvalue weighted by Crippen LogP contribution is -2.30. The smallest absolute Gasteiger partial charge is 0.231 e. The normalized spacial score (nSPS) is 15.9. The van der Waals surface area contributed by atoms with Gasteiger partial charge in [0.1, 0.15) is 0 Å². The zero-order valence-electron chi connectivity index (χ0n) is 11.2. The lowest BCUT2D eigenvalue weighted by molar-refractivity contribution is -0.120. The van der Waals surface area contributed by atoms with Gasteiger partial charge in [-0.25, -0.2) is 4.68 Å². The van der Waals surface area contributed by atoms with Crippen LogP contribution in [0.1, 0.15) is 12.8 Å². The van der Waals surface area contributed by atoms with Crippen molar-refractivity contribution >= 4 is 11.6 Å². The summed E-state index contributed by atoms with van der Waals surface area (Å²) in [5.74, 6) is 0.647. The molecule has 3 N–H and O–H groups in total. The summed E-state index contributed by atoms with van der Waals surface area (Å²) in [6.45, 7) is 0.395. The van der Waals surface area contributed by atoms with Crippen LogP contribution in [0, 0.1) is 5.41 Å². The summed E-state index contributed by atoms with van der Waals surface area (Å²) in [6, 6.07) is 7.47. The number of aryl methyl sites for hydroxylation is 1. The van der Waals surface area contributed by atoms with Crippen molar-refractivity contribution in [3.05, 3.63) is 24.3 Å². The van der Waals surface area contributed by atoms with Gasteiger partial charge in [-0.3, -0.25) is 4.79 Å². The number of nitrogens with zero attached hydrogens (tertiary/aromatic N) is 4. The zero-order chi connectivity index (χ0) is 14.2. The lowest BCUT2D eigenvalue weighted by Gasteiger charge is -2.13. The number of hydrogen-bond donors (Lipinski definition) is 2. The molecule has 1 aliphatic carbocycles. The zero-order valence-corrected chi connectivity index (χ0v) is 11.2. The molecule has 20 heavy (non-hydrogen) atoms. The molecule has 3 rings (SSSR count). The van der Waals surface area contributed by atoms with Gasteiger partial charge in [0.15, 0.2) is 5.82 Å². The summed E-state index contributed by atoms with van der Waals surface area (Å²) in [6.07, 6.45) is 1.73. The monoisotopic (exact) mass is 272 g/mol. The van der Waals surface area contributed by atoms with E-state index in [1.165, 1.54) is 0 Å². The van der Waals surface area contributed by atoms with E-state index < -0.39 is 0 Å². The number of hydrogen-bond acceptors (Lipinski definition) is 5. The van der Waals surface area contributed by atoms with E-state index in [4.69, 9.17) is 5.73 Å². The molecule has 0 saturated heterocycles. The Morgan fingerprint density at radius 2 is 2.30 bits per heavy atom. The fourth-order valence-corrected chi connectivity index (χ4v) is 2.15. The van der Waals surface area contributed by atoms with Crippen molar-refractivity contribution < 1.29 is 4.79 Å². The van der Waals surface area contributed by atoms with Crippen molar-refractivity contribution in [3.63, 3.8) is 0 Å². The Morgan fingerprint density at radius 3 is 2.90 bits per heavy atom. The number of carbonyl (C=O) groups excluding carboxylic acids is 1. The Labute approximate surface area is 116 Å². The third kappa shape index (κ3) is 2.16. The molecule has 1 amide bonds. The number of benzene rings is 1. The predicted molar refractivity (Wildman–Crippen MR) is 73.6 cm³/mol. The van der Waals surface area contributed by atoms with Crippen molar-refractivity contribution in [2.45, 2.75) is 12.8 Å². The van der Waals surface area contributed by atoms with Crippen molar-refractivity contribution in [2.24, 2.45) is 18.2 Å². The third-order valence-electron chi connectivity index (χ3n) is 3.72. The molecule has 1 aromatic carbocycles. The highest BCUT2D eigenvalue weighted by Crippen LogP contribution is 2.45. The van der Waals surface area contributed by atoms with Crippen LogP contribution in [0.5, 0.6) is 0 Å². The average molecular weight is 272 g/mol. The van der Waals surface area contributed by atoms with Gasteiger partial charge in [0, 0.05) is 24.8 Å². The number of nitrogens with one attached hydrogen (secondary N) is 1. The first-order valence-corrected chi connectivity index (χ1v) is 6.49. The average Bonchev–Trinajstić information content (AvgIpc) is 3.15. The van der Waals surface area contributed by atoms with Gasteiger partial charge in [-0.1, -0.05) is 12.1 Å². The highest BCUT2D eigenvalue weighted by molar-refractivity contribution is 5.97. The van der Waals surface area contributed by atoms with Crippen LogP contribution < -0.4 is 11.1 Å². The Balaban J connectivity index is 1.82. The summed E-state index contributed by atoms with van der Waals surface area (Å²) in [5.41, 5.74) is 6.89. The molecule has 0 atom stereocenters. The van der Waals surface area contributed by atoms with Crippen LogP contribution in [0.3, 0.4) is 0 Å². The molecule has 0 spiro atoms. The molecule has 0 bridgehead atoms. The van der Waals surface area contributed by atoms with Gasteiger partial charge in [0.05, 0.1) is 5.41 Å². The number of anilines is 1. The van der Waals surface area contributed by atoms with E-state index in [0.29, 0.717) is 12.4 Å². The van der Waals surface area contributed by atoms with E-state index in [-0.39, 0.29) is 11.3 Å². The lowest BCUT2D eigenvalue weighted by atomic mass is 10.1. The summed E-state index contributed by atoms with van der Waals surface area (Å²) < 4.78 is 1.59. The minimum Gasteiger partial charge on any atom is -0.329 e. The second-order valence-corrected chi connectivity index (χ2v) is 5.15. The highest BCUT2D eigenvalue weighted by atomic mass is 16.2. The molecule has 2 aromatic rings. The summed E-state index contributed by atoms with van der Waals surface area (Å²) >= 11 is 0. The maximum absolute atomic E-state index is 12.2. The molecule has 0 unspecified atom stereocenters. The maximum Gasteiger partial charge on any atom is 0.231 e. The van der Waals surface area contributed by atoms with Gasteiger partial charge in [0.25, 0.3) is 0 Å². The quantitative estimate of drug-likeness (QED) is 0.847. The van der Waals surface area contributed by atoms with Crippen LogP contribution >= 0.6 is 0 Å². The molecule has 7 heteroatoms. The van der Waals surface area contributed by atoms with Crippen molar-refractivity contribution in [1.82, 2.24) is 20.2 Å². The van der Waals surface area contributed by atoms with E-state index in [0.717, 1.165) is 24.1 Å². The van der Waals surface area contributed by atoms with Gasteiger partial charge < -0.3 is 11.1 Å². The first-order valence-electron chi connectivity index (χ1n) is 6.49. The number of tetrazole rings is 1. The Kier molecular flexibility index (Phi) is 2.98. The third-order valence-corrected chi connectivity index (χ3v) is 3.72. The molecule has 1 heterocycles. The van der Waals surface area contributed by atoms with E-state index in [1.807, 2.05) is 24.3 Å². The number of rotatable bonds is 4. The number of aromatic nitrogens is 4. The molecule has 1 aromatic heterocycles. The standard InChI is InChI=1S/C13H16N6O/c1-19-11(16-17-18-19)9-3-2-4-10(7-9)15-12(20)13(8-14)5-6-13/h2-4,7H,5-6,8,14H2,1H3,(H,15,20). The van der Waals surface area contributed by atoms with E-state index >= 15 is 0 Å². The van der Waals surface area contributed by atoms with Crippen LogP contribution in [0.2, 0.25) is 0 Å². The first-order chi connectivity index (χ1) is 9.64. The molecule has 0 radical (unpaired) electrons. The van der Waals surface area contributed by atoms with Crippen molar-refractivity contribution in [1.29, 1.82) is 0 Å². The van der Waals surface area contributed by atoms with E-state index in [1.54, 1.807) is 11.7 Å². The van der Waals surface area contributed by atoms with Crippen molar-refractivity contribution in [3.8, 4) is 11.4 Å². The second-order valence-electron chi connectivity index (χ2n) is 5.15. The van der Waals surface area contributed by atoms with Crippen LogP contribution in [0.15, 0.2) is 24.3 Å². The Morgan fingerprint density at radius 1 is 1.50 bits per heavy atom. The number of amides is 1. The van der Waals surface area contributed by atoms with Gasteiger partial charge in [-0.05, 0) is 35.4 Å². The minimum absolute atomic E-state index is 0.00626. The first kappa shape index (κ1) is 12.7. The summed E-state index contributed by atoms with van der Waals surface area (Å²) in [5, 5.41) is 14.3. The molecule has 1 aliphatic rings. The molecule has 1 saturated carbocycles. The van der Waals surface area contributed by atoms with Gasteiger partial charge in [-0.2, -0.15) is 0 Å². The molecular weight excluding hydrogens is 256 g/mol. The maximum atomic E-state index is 12.2. The van der Waals surface area contributed by atoms with E-state index in [2.05, 4.69) is 20.8 Å². The second kappa shape index (κ2) is 4.68. The van der Waals surface area contributed by atoms with Crippen molar-refractivity contribution in [2.75, 3.05) is 11.9 Å². The van der Waals surface area contributed by atoms with Gasteiger partial charge in [0.2, 0.25) is 5.91 Å². The predicted octanol–water partition coefficient (Wildman–Crippen LogP) is 0.554. The summed E-state index contributed by atoms with van der Waals surface area (Å²) in [4.78, 5) is 12.2. The SMILES string of the molecule is Cn1nnnc1-c1cccc(NC(=O)C2(CN)CC2)c1. The number of nitrogens with two attached hydrogens (primary N) is 1. The highest BCUT2D eigenvalue weighted by Gasteiger charge is 2.48. The summed E-state index contributed by atoms with van der Waals surface area (Å²) in [7, 11) is 1.77. The topological polar surface area (TPSA) is 98.7 Å². The molecular formula is C13H16N6O. The van der Waals surface area contributed by atoms with Gasteiger partial charge >= 0.3 is 0 Å². The van der Waals surface area contributed by atoms with Gasteiger partial charge in [-0.15, -0.1) is 5.10 Å². The van der Waals surface area contributed by atoms with E-state index in [9.17, 15) is 4.79 Å².